The molecule has 29 heavy (non-hydrogen) atoms. The van der Waals surface area contributed by atoms with Gasteiger partial charge in [-0.3, -0.25) is 9.69 Å². The van der Waals surface area contributed by atoms with Crippen LogP contribution in [0.15, 0.2) is 47.4 Å². The number of nitrogens with one attached hydrogen (secondary N) is 1. The summed E-state index contributed by atoms with van der Waals surface area (Å²) in [5.74, 6) is 0.591. The second kappa shape index (κ2) is 7.68. The number of hydrogen-bond donors (Lipinski definition) is 1. The number of carbonyl (C=O) groups excluding carboxylic acids is 1. The van der Waals surface area contributed by atoms with Crippen molar-refractivity contribution in [1.29, 1.82) is 0 Å². The van der Waals surface area contributed by atoms with Crippen LogP contribution in [-0.4, -0.2) is 57.8 Å². The van der Waals surface area contributed by atoms with Crippen LogP contribution in [0.5, 0.6) is 5.75 Å². The summed E-state index contributed by atoms with van der Waals surface area (Å²) in [6.45, 7) is 6.11. The molecule has 0 saturated carbocycles. The maximum atomic E-state index is 11.8. The first-order valence-electron chi connectivity index (χ1n) is 9.67. The summed E-state index contributed by atoms with van der Waals surface area (Å²) in [4.78, 5) is 16.8. The molecule has 1 N–H and O–H groups in total. The predicted molar refractivity (Wildman–Crippen MR) is 112 cm³/mol. The normalized spacial score (nSPS) is 20.0. The first-order valence-corrected chi connectivity index (χ1v) is 11.6. The van der Waals surface area contributed by atoms with Gasteiger partial charge in [0.15, 0.2) is 15.9 Å². The zero-order chi connectivity index (χ0) is 20.6. The first kappa shape index (κ1) is 19.7. The standard InChI is InChI=1S/C21H25N3O4S/c1-15-21(25)22-19-13-16(3-8-20(19)28-15)14-23-9-11-24(12-10-23)17-4-6-18(7-5-17)29(2,26)27/h3-8,13,15H,9-12,14H2,1-2H3,(H,22,25). The SMILES string of the molecule is CC1Oc2ccc(CN3CCN(c4ccc(S(C)(=O)=O)cc4)CC3)cc2NC1=O. The number of nitrogens with zero attached hydrogens (tertiary/aromatic N) is 2. The Labute approximate surface area is 171 Å². The smallest absolute Gasteiger partial charge is 0.265 e. The fraction of sp³-hybridized carbons (Fsp3) is 0.381. The van der Waals surface area contributed by atoms with Crippen LogP contribution in [0.1, 0.15) is 12.5 Å². The first-order chi connectivity index (χ1) is 13.8. The molecule has 2 aromatic carbocycles. The summed E-state index contributed by atoms with van der Waals surface area (Å²) in [6, 6.07) is 13.0. The molecule has 7 nitrogen and oxygen atoms in total. The molecule has 1 atom stereocenters. The van der Waals surface area contributed by atoms with Gasteiger partial charge in [-0.25, -0.2) is 8.42 Å². The highest BCUT2D eigenvalue weighted by atomic mass is 32.2. The van der Waals surface area contributed by atoms with E-state index >= 15 is 0 Å². The Bertz CT molecular complexity index is 1010. The van der Waals surface area contributed by atoms with E-state index in [4.69, 9.17) is 4.74 Å². The largest absolute Gasteiger partial charge is 0.479 e. The second-order valence-electron chi connectivity index (χ2n) is 7.61. The van der Waals surface area contributed by atoms with Crippen LogP contribution < -0.4 is 15.0 Å². The van der Waals surface area contributed by atoms with Gasteiger partial charge in [-0.1, -0.05) is 6.07 Å². The number of sulfone groups is 1. The van der Waals surface area contributed by atoms with Crippen LogP contribution in [0.25, 0.3) is 0 Å². The molecule has 154 valence electrons. The molecule has 2 aromatic rings. The molecule has 1 fully saturated rings. The van der Waals surface area contributed by atoms with Crippen molar-refractivity contribution in [2.24, 2.45) is 0 Å². The van der Waals surface area contributed by atoms with Gasteiger partial charge in [-0.2, -0.15) is 0 Å². The number of piperazine rings is 1. The topological polar surface area (TPSA) is 79.0 Å². The molecule has 1 saturated heterocycles. The lowest BCUT2D eigenvalue weighted by molar-refractivity contribution is -0.122. The number of benzene rings is 2. The van der Waals surface area contributed by atoms with Gasteiger partial charge >= 0.3 is 0 Å². The van der Waals surface area contributed by atoms with Crippen molar-refractivity contribution < 1.29 is 17.9 Å². The molecule has 2 aliphatic heterocycles. The number of amides is 1. The van der Waals surface area contributed by atoms with Gasteiger partial charge in [0, 0.05) is 44.7 Å². The van der Waals surface area contributed by atoms with Gasteiger partial charge in [0.1, 0.15) is 5.75 Å². The molecule has 0 aromatic heterocycles. The number of fused-ring (bicyclic) bond motifs is 1. The van der Waals surface area contributed by atoms with E-state index in [9.17, 15) is 13.2 Å². The van der Waals surface area contributed by atoms with Crippen molar-refractivity contribution in [3.8, 4) is 5.75 Å². The molecule has 8 heteroatoms. The van der Waals surface area contributed by atoms with Crippen molar-refractivity contribution in [3.05, 3.63) is 48.0 Å². The molecule has 2 aliphatic rings. The Morgan fingerprint density at radius 1 is 1.07 bits per heavy atom. The minimum atomic E-state index is -3.17. The van der Waals surface area contributed by atoms with Crippen LogP contribution in [-0.2, 0) is 21.2 Å². The Morgan fingerprint density at radius 2 is 1.76 bits per heavy atom. The van der Waals surface area contributed by atoms with Crippen LogP contribution in [0.4, 0.5) is 11.4 Å². The van der Waals surface area contributed by atoms with Crippen molar-refractivity contribution in [2.45, 2.75) is 24.5 Å². The molecular weight excluding hydrogens is 390 g/mol. The number of rotatable bonds is 4. The summed E-state index contributed by atoms with van der Waals surface area (Å²) in [5.41, 5.74) is 2.91. The molecule has 0 spiro atoms. The Hall–Kier alpha value is -2.58. The van der Waals surface area contributed by atoms with Crippen molar-refractivity contribution in [2.75, 3.05) is 42.7 Å². The Balaban J connectivity index is 1.36. The molecule has 0 aliphatic carbocycles. The Morgan fingerprint density at radius 3 is 2.41 bits per heavy atom. The molecule has 0 bridgehead atoms. The van der Waals surface area contributed by atoms with Gasteiger partial charge in [-0.05, 0) is 48.9 Å². The molecule has 2 heterocycles. The minimum Gasteiger partial charge on any atom is -0.479 e. The lowest BCUT2D eigenvalue weighted by Gasteiger charge is -2.36. The van der Waals surface area contributed by atoms with Crippen LogP contribution in [0, 0.1) is 0 Å². The quantitative estimate of drug-likeness (QED) is 0.824. The van der Waals surface area contributed by atoms with Gasteiger partial charge in [-0.15, -0.1) is 0 Å². The summed E-state index contributed by atoms with van der Waals surface area (Å²) in [5, 5.41) is 2.90. The van der Waals surface area contributed by atoms with Crippen molar-refractivity contribution >= 4 is 27.1 Å². The van der Waals surface area contributed by atoms with E-state index in [0.717, 1.165) is 49.7 Å². The summed E-state index contributed by atoms with van der Waals surface area (Å²) in [6.07, 6.45) is 0.757. The number of anilines is 2. The second-order valence-corrected chi connectivity index (χ2v) is 9.62. The average Bonchev–Trinajstić information content (AvgIpc) is 2.69. The third kappa shape index (κ3) is 4.38. The minimum absolute atomic E-state index is 0.120. The van der Waals surface area contributed by atoms with Gasteiger partial charge < -0.3 is 15.0 Å². The van der Waals surface area contributed by atoms with E-state index in [2.05, 4.69) is 15.1 Å². The van der Waals surface area contributed by atoms with Gasteiger partial charge in [0.2, 0.25) is 0 Å². The fourth-order valence-electron chi connectivity index (χ4n) is 3.68. The number of ether oxygens (including phenoxy) is 1. The Kier molecular flexibility index (Phi) is 5.23. The van der Waals surface area contributed by atoms with E-state index in [0.29, 0.717) is 10.6 Å². The summed E-state index contributed by atoms with van der Waals surface area (Å²) < 4.78 is 28.8. The summed E-state index contributed by atoms with van der Waals surface area (Å²) >= 11 is 0. The number of carbonyl (C=O) groups is 1. The molecule has 4 rings (SSSR count). The predicted octanol–water partition coefficient (Wildman–Crippen LogP) is 2.13. The fourth-order valence-corrected chi connectivity index (χ4v) is 4.31. The third-order valence-corrected chi connectivity index (χ3v) is 6.51. The van der Waals surface area contributed by atoms with Gasteiger partial charge in [0.25, 0.3) is 5.91 Å². The molecular formula is C21H25N3O4S. The monoisotopic (exact) mass is 415 g/mol. The van der Waals surface area contributed by atoms with Crippen LogP contribution in [0.3, 0.4) is 0 Å². The zero-order valence-corrected chi connectivity index (χ0v) is 17.4. The maximum absolute atomic E-state index is 11.8. The van der Waals surface area contributed by atoms with E-state index < -0.39 is 15.9 Å². The van der Waals surface area contributed by atoms with E-state index in [1.807, 2.05) is 30.3 Å². The lowest BCUT2D eigenvalue weighted by atomic mass is 10.1. The third-order valence-electron chi connectivity index (χ3n) is 5.38. The molecule has 0 radical (unpaired) electrons. The van der Waals surface area contributed by atoms with E-state index in [1.165, 1.54) is 6.26 Å². The van der Waals surface area contributed by atoms with Crippen LogP contribution in [0.2, 0.25) is 0 Å². The lowest BCUT2D eigenvalue weighted by Crippen LogP contribution is -2.46. The highest BCUT2D eigenvalue weighted by Gasteiger charge is 2.24. The highest BCUT2D eigenvalue weighted by molar-refractivity contribution is 7.90. The zero-order valence-electron chi connectivity index (χ0n) is 16.6. The van der Waals surface area contributed by atoms with E-state index in [-0.39, 0.29) is 5.91 Å². The van der Waals surface area contributed by atoms with Crippen LogP contribution >= 0.6 is 0 Å². The average molecular weight is 416 g/mol. The number of hydrogen-bond acceptors (Lipinski definition) is 6. The highest BCUT2D eigenvalue weighted by Crippen LogP contribution is 2.31. The summed E-state index contributed by atoms with van der Waals surface area (Å²) in [7, 11) is -3.17. The molecule has 1 unspecified atom stereocenters. The molecule has 1 amide bonds. The van der Waals surface area contributed by atoms with E-state index in [1.54, 1.807) is 19.1 Å². The van der Waals surface area contributed by atoms with Crippen molar-refractivity contribution in [3.63, 3.8) is 0 Å². The maximum Gasteiger partial charge on any atom is 0.265 e. The van der Waals surface area contributed by atoms with Crippen molar-refractivity contribution in [1.82, 2.24) is 4.90 Å². The van der Waals surface area contributed by atoms with Gasteiger partial charge in [0.05, 0.1) is 10.6 Å².